The fourth-order valence-electron chi connectivity index (χ4n) is 2.92. The molecule has 0 saturated carbocycles. The highest BCUT2D eigenvalue weighted by Gasteiger charge is 2.57. The minimum absolute atomic E-state index is 0.0941. The summed E-state index contributed by atoms with van der Waals surface area (Å²) in [4.78, 5) is 0. The summed E-state index contributed by atoms with van der Waals surface area (Å²) in [7, 11) is -6.81. The van der Waals surface area contributed by atoms with Gasteiger partial charge in [0.2, 0.25) is 0 Å². The van der Waals surface area contributed by atoms with Crippen molar-refractivity contribution in [3.8, 4) is 0 Å². The summed E-state index contributed by atoms with van der Waals surface area (Å²) in [6.45, 7) is 14.9. The Morgan fingerprint density at radius 1 is 1.00 bits per heavy atom. The second-order valence-corrected chi connectivity index (χ2v) is 19.0. The Balaban J connectivity index is 3.18. The van der Waals surface area contributed by atoms with E-state index in [1.807, 2.05) is 13.8 Å². The minimum atomic E-state index is -2.77. The van der Waals surface area contributed by atoms with Gasteiger partial charge in [0.25, 0.3) is 10.0 Å². The molecular formula is C12H32O6Si4. The standard InChI is InChI=1S/C12H32O6Si4/c1-9-12(13-4)22(11(3)14-10-2)16-19-15-20(5,6)17-21(7,8)18-22/h11-12H,9-10,19H2,1-8H3. The molecule has 0 spiro atoms. The Labute approximate surface area is 140 Å². The van der Waals surface area contributed by atoms with E-state index in [1.165, 1.54) is 0 Å². The van der Waals surface area contributed by atoms with Crippen molar-refractivity contribution >= 4 is 35.7 Å². The first-order valence-corrected chi connectivity index (χ1v) is 16.7. The molecule has 1 heterocycles. The predicted octanol–water partition coefficient (Wildman–Crippen LogP) is 1.84. The largest absolute Gasteiger partial charge is 0.420 e. The molecule has 1 saturated heterocycles. The summed E-state index contributed by atoms with van der Waals surface area (Å²) >= 11 is 0. The molecule has 1 fully saturated rings. The van der Waals surface area contributed by atoms with E-state index in [0.29, 0.717) is 6.61 Å². The van der Waals surface area contributed by atoms with Gasteiger partial charge in [-0.15, -0.1) is 0 Å². The van der Waals surface area contributed by atoms with Gasteiger partial charge in [-0.2, -0.15) is 0 Å². The van der Waals surface area contributed by atoms with Crippen molar-refractivity contribution in [2.45, 2.75) is 64.8 Å². The molecule has 0 aromatic heterocycles. The molecule has 10 heteroatoms. The van der Waals surface area contributed by atoms with Crippen LogP contribution < -0.4 is 0 Å². The maximum absolute atomic E-state index is 6.63. The predicted molar refractivity (Wildman–Crippen MR) is 95.8 cm³/mol. The molecule has 0 radical (unpaired) electrons. The highest BCUT2D eigenvalue weighted by atomic mass is 28.5. The molecule has 0 aliphatic carbocycles. The summed E-state index contributed by atoms with van der Waals surface area (Å²) in [6.07, 6.45) is 0.819. The Kier molecular flexibility index (Phi) is 7.65. The maximum atomic E-state index is 6.63. The third-order valence-corrected chi connectivity index (χ3v) is 19.2. The van der Waals surface area contributed by atoms with E-state index in [9.17, 15) is 0 Å². The number of hydrogen-bond donors (Lipinski definition) is 0. The van der Waals surface area contributed by atoms with Crippen LogP contribution in [0, 0.1) is 0 Å². The molecule has 0 bridgehead atoms. The van der Waals surface area contributed by atoms with E-state index in [2.05, 4.69) is 33.1 Å². The van der Waals surface area contributed by atoms with Crippen molar-refractivity contribution < 1.29 is 25.9 Å². The van der Waals surface area contributed by atoms with Gasteiger partial charge >= 0.3 is 25.7 Å². The number of ether oxygens (including phenoxy) is 2. The van der Waals surface area contributed by atoms with Gasteiger partial charge in [0, 0.05) is 13.7 Å². The van der Waals surface area contributed by atoms with Crippen LogP contribution in [0.15, 0.2) is 0 Å². The van der Waals surface area contributed by atoms with E-state index in [0.717, 1.165) is 6.42 Å². The summed E-state index contributed by atoms with van der Waals surface area (Å²) in [5.41, 5.74) is -0.222. The first-order valence-electron chi connectivity index (χ1n) is 7.95. The third-order valence-electron chi connectivity index (χ3n) is 3.68. The first-order chi connectivity index (χ1) is 10.1. The smallest absolute Gasteiger partial charge is 0.379 e. The Hall–Kier alpha value is 0.628. The van der Waals surface area contributed by atoms with Crippen molar-refractivity contribution in [1.82, 2.24) is 0 Å². The Morgan fingerprint density at radius 2 is 1.64 bits per heavy atom. The number of rotatable bonds is 6. The molecule has 22 heavy (non-hydrogen) atoms. The lowest BCUT2D eigenvalue weighted by Gasteiger charge is -2.48. The van der Waals surface area contributed by atoms with Crippen LogP contribution in [0.4, 0.5) is 0 Å². The molecule has 1 aliphatic heterocycles. The van der Waals surface area contributed by atoms with E-state index >= 15 is 0 Å². The van der Waals surface area contributed by atoms with Crippen LogP contribution in [-0.4, -0.2) is 60.9 Å². The SMILES string of the molecule is CCOC(C)[Si]1(C(CC)OC)O[SiH2]O[Si](C)(C)O[Si](C)(C)O1. The summed E-state index contributed by atoms with van der Waals surface area (Å²) in [5.74, 6) is 0. The molecule has 132 valence electrons. The monoisotopic (exact) mass is 384 g/mol. The normalized spacial score (nSPS) is 32.2. The lowest BCUT2D eigenvalue weighted by Crippen LogP contribution is -2.70. The van der Waals surface area contributed by atoms with Crippen LogP contribution in [0.2, 0.25) is 26.2 Å². The summed E-state index contributed by atoms with van der Waals surface area (Å²) in [5, 5.41) is 0. The van der Waals surface area contributed by atoms with Gasteiger partial charge in [-0.05, 0) is 46.5 Å². The minimum Gasteiger partial charge on any atom is -0.420 e. The molecule has 0 amide bonds. The molecule has 1 aliphatic rings. The molecule has 3 atom stereocenters. The Bertz CT molecular complexity index is 353. The number of methoxy groups -OCH3 is 1. The lowest BCUT2D eigenvalue weighted by atomic mass is 10.5. The maximum Gasteiger partial charge on any atom is 0.379 e. The average molecular weight is 385 g/mol. The molecule has 3 unspecified atom stereocenters. The fraction of sp³-hybridized carbons (Fsp3) is 1.00. The van der Waals surface area contributed by atoms with Crippen LogP contribution in [0.25, 0.3) is 0 Å². The first kappa shape index (κ1) is 20.7. The quantitative estimate of drug-likeness (QED) is 0.651. The molecule has 0 aromatic rings. The van der Waals surface area contributed by atoms with Gasteiger partial charge in [-0.3, -0.25) is 0 Å². The molecule has 1 rings (SSSR count). The van der Waals surface area contributed by atoms with Crippen LogP contribution in [0.5, 0.6) is 0 Å². The molecule has 0 aromatic carbocycles. The van der Waals surface area contributed by atoms with Gasteiger partial charge in [0.1, 0.15) is 5.73 Å². The van der Waals surface area contributed by atoms with E-state index in [4.69, 9.17) is 25.9 Å². The molecule has 6 nitrogen and oxygen atoms in total. The summed E-state index contributed by atoms with van der Waals surface area (Å²) < 4.78 is 37.0. The number of hydrogen-bond acceptors (Lipinski definition) is 6. The fourth-order valence-corrected chi connectivity index (χ4v) is 20.1. The van der Waals surface area contributed by atoms with Crippen LogP contribution >= 0.6 is 0 Å². The van der Waals surface area contributed by atoms with Crippen LogP contribution in [-0.2, 0) is 25.9 Å². The zero-order chi connectivity index (χ0) is 17.0. The van der Waals surface area contributed by atoms with E-state index in [1.54, 1.807) is 7.11 Å². The van der Waals surface area contributed by atoms with Crippen molar-refractivity contribution in [3.63, 3.8) is 0 Å². The highest BCUT2D eigenvalue weighted by molar-refractivity contribution is 6.89. The second kappa shape index (κ2) is 8.14. The topological polar surface area (TPSA) is 55.4 Å². The highest BCUT2D eigenvalue weighted by Crippen LogP contribution is 2.31. The van der Waals surface area contributed by atoms with Crippen LogP contribution in [0.3, 0.4) is 0 Å². The lowest BCUT2D eigenvalue weighted by molar-refractivity contribution is 0.0501. The Morgan fingerprint density at radius 3 is 2.14 bits per heavy atom. The zero-order valence-electron chi connectivity index (χ0n) is 15.2. The third kappa shape index (κ3) is 5.06. The van der Waals surface area contributed by atoms with Crippen LogP contribution in [0.1, 0.15) is 27.2 Å². The van der Waals surface area contributed by atoms with Gasteiger partial charge in [-0.1, -0.05) is 6.92 Å². The zero-order valence-corrected chi connectivity index (χ0v) is 19.6. The van der Waals surface area contributed by atoms with E-state index < -0.39 is 35.7 Å². The molecule has 0 N–H and O–H groups in total. The van der Waals surface area contributed by atoms with Crippen molar-refractivity contribution in [2.75, 3.05) is 13.7 Å². The van der Waals surface area contributed by atoms with E-state index in [-0.39, 0.29) is 11.5 Å². The molecular weight excluding hydrogens is 352 g/mol. The van der Waals surface area contributed by atoms with Gasteiger partial charge in [0.15, 0.2) is 0 Å². The van der Waals surface area contributed by atoms with Gasteiger partial charge < -0.3 is 25.9 Å². The summed E-state index contributed by atoms with van der Waals surface area (Å²) in [6, 6.07) is 0. The van der Waals surface area contributed by atoms with Crippen molar-refractivity contribution in [2.24, 2.45) is 0 Å². The van der Waals surface area contributed by atoms with Gasteiger partial charge in [-0.25, -0.2) is 0 Å². The average Bonchev–Trinajstić information content (AvgIpc) is 2.36. The second-order valence-electron chi connectivity index (χ2n) is 6.36. The van der Waals surface area contributed by atoms with Crippen molar-refractivity contribution in [1.29, 1.82) is 0 Å². The van der Waals surface area contributed by atoms with Gasteiger partial charge in [0.05, 0.1) is 5.73 Å². The van der Waals surface area contributed by atoms with Crippen molar-refractivity contribution in [3.05, 3.63) is 0 Å².